The summed E-state index contributed by atoms with van der Waals surface area (Å²) in [7, 11) is 1.45. The summed E-state index contributed by atoms with van der Waals surface area (Å²) >= 11 is 0. The van der Waals surface area contributed by atoms with Crippen LogP contribution in [0, 0.1) is 0 Å². The average molecular weight is 248 g/mol. The van der Waals surface area contributed by atoms with Crippen molar-refractivity contribution in [3.05, 3.63) is 30.1 Å². The Kier molecular flexibility index (Phi) is 4.70. The molecule has 4 nitrogen and oxygen atoms in total. The number of hydrogen-bond acceptors (Lipinski definition) is 4. The van der Waals surface area contributed by atoms with Crippen molar-refractivity contribution in [2.24, 2.45) is 0 Å². The molecule has 0 aromatic carbocycles. The molecule has 1 fully saturated rings. The first kappa shape index (κ1) is 13.0. The number of methoxy groups -OCH3 is 1. The number of likely N-dealkylation sites (tertiary alicyclic amines) is 1. The van der Waals surface area contributed by atoms with Gasteiger partial charge in [-0.05, 0) is 31.0 Å². The Hall–Kier alpha value is -1.42. The molecule has 0 bridgehead atoms. The van der Waals surface area contributed by atoms with Gasteiger partial charge in [-0.2, -0.15) is 0 Å². The number of ether oxygens (including phenoxy) is 1. The molecule has 1 aromatic rings. The lowest BCUT2D eigenvalue weighted by Crippen LogP contribution is -2.40. The Labute approximate surface area is 108 Å². The molecule has 0 saturated carbocycles. The maximum atomic E-state index is 11.4. The van der Waals surface area contributed by atoms with Gasteiger partial charge in [-0.15, -0.1) is 0 Å². The number of aromatic nitrogens is 1. The van der Waals surface area contributed by atoms with E-state index in [1.54, 1.807) is 6.20 Å². The molecular formula is C14H20N2O2. The van der Waals surface area contributed by atoms with Crippen LogP contribution in [-0.4, -0.2) is 35.5 Å². The number of nitrogens with zero attached hydrogens (tertiary/aromatic N) is 2. The van der Waals surface area contributed by atoms with Gasteiger partial charge in [0.1, 0.15) is 0 Å². The van der Waals surface area contributed by atoms with Crippen molar-refractivity contribution in [3.8, 4) is 0 Å². The number of carbonyl (C=O) groups excluding carboxylic acids is 1. The van der Waals surface area contributed by atoms with E-state index >= 15 is 0 Å². The number of carbonyl (C=O) groups is 1. The summed E-state index contributed by atoms with van der Waals surface area (Å²) in [6.45, 7) is 1.92. The molecular weight excluding hydrogens is 228 g/mol. The normalized spacial score (nSPS) is 20.6. The maximum Gasteiger partial charge on any atom is 0.307 e. The van der Waals surface area contributed by atoms with Crippen molar-refractivity contribution in [1.82, 2.24) is 9.88 Å². The first-order chi connectivity index (χ1) is 8.79. The molecule has 0 amide bonds. The second kappa shape index (κ2) is 6.50. The summed E-state index contributed by atoms with van der Waals surface area (Å²) in [6.07, 6.45) is 7.66. The van der Waals surface area contributed by atoms with E-state index in [2.05, 4.69) is 16.0 Å². The summed E-state index contributed by atoms with van der Waals surface area (Å²) in [6, 6.07) is 4.34. The van der Waals surface area contributed by atoms with E-state index in [1.165, 1.54) is 25.5 Å². The molecule has 0 N–H and O–H groups in total. The van der Waals surface area contributed by atoms with E-state index in [-0.39, 0.29) is 5.97 Å². The average Bonchev–Trinajstić information content (AvgIpc) is 2.42. The van der Waals surface area contributed by atoms with Gasteiger partial charge in [-0.1, -0.05) is 12.5 Å². The number of hydrogen-bond donors (Lipinski definition) is 0. The van der Waals surface area contributed by atoms with Crippen molar-refractivity contribution in [2.75, 3.05) is 13.7 Å². The highest BCUT2D eigenvalue weighted by atomic mass is 16.5. The summed E-state index contributed by atoms with van der Waals surface area (Å²) in [5.74, 6) is -0.113. The third-order valence-corrected chi connectivity index (χ3v) is 3.49. The summed E-state index contributed by atoms with van der Waals surface area (Å²) in [4.78, 5) is 17.9. The van der Waals surface area contributed by atoms with Gasteiger partial charge < -0.3 is 4.74 Å². The Morgan fingerprint density at radius 3 is 3.17 bits per heavy atom. The van der Waals surface area contributed by atoms with Gasteiger partial charge in [-0.25, -0.2) is 0 Å². The Morgan fingerprint density at radius 2 is 2.44 bits per heavy atom. The highest BCUT2D eigenvalue weighted by molar-refractivity contribution is 5.69. The van der Waals surface area contributed by atoms with E-state index in [1.807, 2.05) is 12.3 Å². The fraction of sp³-hybridized carbons (Fsp3) is 0.571. The smallest absolute Gasteiger partial charge is 0.307 e. The van der Waals surface area contributed by atoms with Crippen molar-refractivity contribution in [1.29, 1.82) is 0 Å². The second-order valence-electron chi connectivity index (χ2n) is 4.76. The zero-order chi connectivity index (χ0) is 12.8. The molecule has 1 aliphatic heterocycles. The van der Waals surface area contributed by atoms with Crippen molar-refractivity contribution in [2.45, 2.75) is 38.3 Å². The molecule has 98 valence electrons. The summed E-state index contributed by atoms with van der Waals surface area (Å²) < 4.78 is 4.77. The Morgan fingerprint density at radius 1 is 1.56 bits per heavy atom. The van der Waals surface area contributed by atoms with Gasteiger partial charge in [0.25, 0.3) is 0 Å². The zero-order valence-electron chi connectivity index (χ0n) is 10.8. The molecule has 0 aliphatic carbocycles. The van der Waals surface area contributed by atoms with E-state index in [0.717, 1.165) is 19.5 Å². The van der Waals surface area contributed by atoms with Crippen LogP contribution in [0.3, 0.4) is 0 Å². The number of pyridine rings is 1. The Bertz CT molecular complexity index is 381. The highest BCUT2D eigenvalue weighted by Crippen LogP contribution is 2.22. The summed E-state index contributed by atoms with van der Waals surface area (Å²) in [5.41, 5.74) is 1.20. The van der Waals surface area contributed by atoms with Crippen LogP contribution in [0.5, 0.6) is 0 Å². The highest BCUT2D eigenvalue weighted by Gasteiger charge is 2.24. The lowest BCUT2D eigenvalue weighted by molar-refractivity contribution is -0.142. The van der Waals surface area contributed by atoms with Gasteiger partial charge in [0.2, 0.25) is 0 Å². The molecule has 2 heterocycles. The van der Waals surface area contributed by atoms with Gasteiger partial charge in [-0.3, -0.25) is 14.7 Å². The largest absolute Gasteiger partial charge is 0.469 e. The van der Waals surface area contributed by atoms with Crippen LogP contribution in [0.2, 0.25) is 0 Å². The first-order valence-electron chi connectivity index (χ1n) is 6.49. The van der Waals surface area contributed by atoms with Crippen LogP contribution in [0.1, 0.15) is 31.2 Å². The number of esters is 1. The minimum Gasteiger partial charge on any atom is -0.469 e. The zero-order valence-corrected chi connectivity index (χ0v) is 10.8. The van der Waals surface area contributed by atoms with Gasteiger partial charge in [0, 0.05) is 25.0 Å². The van der Waals surface area contributed by atoms with Gasteiger partial charge in [0.15, 0.2) is 0 Å². The van der Waals surface area contributed by atoms with Gasteiger partial charge in [0.05, 0.1) is 13.5 Å². The summed E-state index contributed by atoms with van der Waals surface area (Å²) in [5, 5.41) is 0. The molecule has 0 spiro atoms. The van der Waals surface area contributed by atoms with Crippen LogP contribution in [-0.2, 0) is 16.1 Å². The lowest BCUT2D eigenvalue weighted by Gasteiger charge is -2.35. The van der Waals surface area contributed by atoms with Gasteiger partial charge >= 0.3 is 5.97 Å². The molecule has 1 unspecified atom stereocenters. The molecule has 1 aromatic heterocycles. The molecule has 4 heteroatoms. The van der Waals surface area contributed by atoms with Crippen molar-refractivity contribution in [3.63, 3.8) is 0 Å². The third-order valence-electron chi connectivity index (χ3n) is 3.49. The van der Waals surface area contributed by atoms with Crippen LogP contribution >= 0.6 is 0 Å². The third kappa shape index (κ3) is 3.53. The molecule has 1 saturated heterocycles. The number of rotatable bonds is 4. The minimum absolute atomic E-state index is 0.113. The maximum absolute atomic E-state index is 11.4. The van der Waals surface area contributed by atoms with E-state index in [9.17, 15) is 4.79 Å². The monoisotopic (exact) mass is 248 g/mol. The predicted molar refractivity (Wildman–Crippen MR) is 68.9 cm³/mol. The fourth-order valence-corrected chi connectivity index (χ4v) is 2.50. The predicted octanol–water partition coefficient (Wildman–Crippen LogP) is 2.00. The van der Waals surface area contributed by atoms with Crippen LogP contribution in [0.15, 0.2) is 24.5 Å². The molecule has 0 radical (unpaired) electrons. The standard InChI is InChI=1S/C14H20N2O2/c1-18-14(17)9-13-6-2-3-8-16(13)11-12-5-4-7-15-10-12/h4-5,7,10,13H,2-3,6,8-9,11H2,1H3. The molecule has 1 aliphatic rings. The fourth-order valence-electron chi connectivity index (χ4n) is 2.50. The topological polar surface area (TPSA) is 42.4 Å². The van der Waals surface area contributed by atoms with Crippen LogP contribution in [0.4, 0.5) is 0 Å². The lowest BCUT2D eigenvalue weighted by atomic mass is 9.99. The van der Waals surface area contributed by atoms with Crippen LogP contribution in [0.25, 0.3) is 0 Å². The van der Waals surface area contributed by atoms with Crippen molar-refractivity contribution < 1.29 is 9.53 Å². The number of piperidine rings is 1. The molecule has 2 rings (SSSR count). The van der Waals surface area contributed by atoms with Crippen molar-refractivity contribution >= 4 is 5.97 Å². The SMILES string of the molecule is COC(=O)CC1CCCCN1Cc1cccnc1. The Balaban J connectivity index is 1.97. The van der Waals surface area contributed by atoms with E-state index in [0.29, 0.717) is 12.5 Å². The first-order valence-corrected chi connectivity index (χ1v) is 6.49. The molecule has 1 atom stereocenters. The van der Waals surface area contributed by atoms with E-state index < -0.39 is 0 Å². The molecule has 18 heavy (non-hydrogen) atoms. The van der Waals surface area contributed by atoms with E-state index in [4.69, 9.17) is 4.74 Å². The second-order valence-corrected chi connectivity index (χ2v) is 4.76. The van der Waals surface area contributed by atoms with Crippen LogP contribution < -0.4 is 0 Å². The quantitative estimate of drug-likeness (QED) is 0.764. The minimum atomic E-state index is -0.113.